The fourth-order valence-electron chi connectivity index (χ4n) is 1.27. The molecule has 1 aromatic rings. The number of nitrogens with one attached hydrogen (secondary N) is 1. The number of amides is 1. The molecule has 1 aromatic carbocycles. The van der Waals surface area contributed by atoms with E-state index < -0.39 is 5.60 Å². The van der Waals surface area contributed by atoms with Crippen LogP contribution in [0.1, 0.15) is 25.8 Å². The molecule has 0 aromatic heterocycles. The van der Waals surface area contributed by atoms with Gasteiger partial charge in [-0.15, -0.1) is 0 Å². The van der Waals surface area contributed by atoms with Gasteiger partial charge in [0.15, 0.2) is 0 Å². The number of hydrogen-bond acceptors (Lipinski definition) is 3. The highest BCUT2D eigenvalue weighted by Gasteiger charge is 2.20. The van der Waals surface area contributed by atoms with E-state index in [-0.39, 0.29) is 12.3 Å². The van der Waals surface area contributed by atoms with Crippen molar-refractivity contribution in [2.45, 2.75) is 32.5 Å². The molecule has 94 valence electrons. The molecule has 0 heterocycles. The van der Waals surface area contributed by atoms with Crippen molar-refractivity contribution in [2.24, 2.45) is 0 Å². The highest BCUT2D eigenvalue weighted by Crippen LogP contribution is 2.12. The molecule has 1 amide bonds. The third-order valence-corrected chi connectivity index (χ3v) is 2.41. The number of ether oxygens (including phenoxy) is 1. The third kappa shape index (κ3) is 5.47. The van der Waals surface area contributed by atoms with Gasteiger partial charge in [-0.2, -0.15) is 0 Å². The monoisotopic (exact) mass is 237 g/mol. The first-order chi connectivity index (χ1) is 8.03. The minimum Gasteiger partial charge on any atom is -0.378 e. The summed E-state index contributed by atoms with van der Waals surface area (Å²) in [4.78, 5) is 16.6. The lowest BCUT2D eigenvalue weighted by molar-refractivity contribution is -0.139. The molecule has 4 heteroatoms. The smallest absolute Gasteiger partial charge is 0.246 e. The van der Waals surface area contributed by atoms with E-state index in [0.29, 0.717) is 6.61 Å². The van der Waals surface area contributed by atoms with Gasteiger partial charge in [-0.25, -0.2) is 5.48 Å². The molecule has 0 aliphatic carbocycles. The lowest BCUT2D eigenvalue weighted by Crippen LogP contribution is -2.33. The second-order valence-corrected chi connectivity index (χ2v) is 4.44. The summed E-state index contributed by atoms with van der Waals surface area (Å²) in [6.07, 6.45) is 0.262. The van der Waals surface area contributed by atoms with Crippen molar-refractivity contribution in [3.05, 3.63) is 35.9 Å². The minimum atomic E-state index is -0.472. The Balaban J connectivity index is 2.25. The molecule has 0 unspecified atom stereocenters. The molecule has 1 N–H and O–H groups in total. The molecule has 4 nitrogen and oxygen atoms in total. The summed E-state index contributed by atoms with van der Waals surface area (Å²) in [5.74, 6) is -0.187. The second kappa shape index (κ2) is 6.37. The summed E-state index contributed by atoms with van der Waals surface area (Å²) in [6, 6.07) is 9.66. The average molecular weight is 237 g/mol. The first-order valence-corrected chi connectivity index (χ1v) is 5.53. The summed E-state index contributed by atoms with van der Waals surface area (Å²) >= 11 is 0. The van der Waals surface area contributed by atoms with Crippen LogP contribution in [0.5, 0.6) is 0 Å². The van der Waals surface area contributed by atoms with Crippen LogP contribution in [-0.4, -0.2) is 18.6 Å². The van der Waals surface area contributed by atoms with E-state index in [4.69, 9.17) is 9.57 Å². The maximum absolute atomic E-state index is 11.5. The van der Waals surface area contributed by atoms with Crippen LogP contribution in [0.2, 0.25) is 0 Å². The zero-order valence-corrected chi connectivity index (χ0v) is 10.5. The van der Waals surface area contributed by atoms with E-state index in [1.807, 2.05) is 44.2 Å². The Hall–Kier alpha value is -1.39. The van der Waals surface area contributed by atoms with Crippen molar-refractivity contribution in [1.82, 2.24) is 5.48 Å². The van der Waals surface area contributed by atoms with Crippen LogP contribution in [0.15, 0.2) is 30.3 Å². The molecule has 0 saturated carbocycles. The molecule has 0 saturated heterocycles. The third-order valence-electron chi connectivity index (χ3n) is 2.41. The molecular weight excluding hydrogens is 218 g/mol. The van der Waals surface area contributed by atoms with Gasteiger partial charge in [-0.3, -0.25) is 9.63 Å². The Morgan fingerprint density at radius 2 is 1.94 bits per heavy atom. The summed E-state index contributed by atoms with van der Waals surface area (Å²) in [6.45, 7) is 4.06. The molecule has 0 aliphatic rings. The van der Waals surface area contributed by atoms with Crippen LogP contribution < -0.4 is 5.48 Å². The predicted octanol–water partition coefficient (Wildman–Crippen LogP) is 2.05. The lowest BCUT2D eigenvalue weighted by atomic mass is 10.1. The van der Waals surface area contributed by atoms with Gasteiger partial charge in [-0.05, 0) is 19.4 Å². The predicted molar refractivity (Wildman–Crippen MR) is 65.1 cm³/mol. The van der Waals surface area contributed by atoms with Crippen molar-refractivity contribution in [2.75, 3.05) is 7.11 Å². The zero-order chi connectivity index (χ0) is 12.7. The van der Waals surface area contributed by atoms with Gasteiger partial charge >= 0.3 is 0 Å². The second-order valence-electron chi connectivity index (χ2n) is 4.44. The maximum Gasteiger partial charge on any atom is 0.246 e. The summed E-state index contributed by atoms with van der Waals surface area (Å²) in [5.41, 5.74) is 2.94. The van der Waals surface area contributed by atoms with Crippen LogP contribution in [0.4, 0.5) is 0 Å². The fraction of sp³-hybridized carbons (Fsp3) is 0.462. The van der Waals surface area contributed by atoms with Gasteiger partial charge in [0.05, 0.1) is 18.6 Å². The number of carbonyl (C=O) groups is 1. The summed E-state index contributed by atoms with van der Waals surface area (Å²) in [5, 5.41) is 0. The molecule has 0 radical (unpaired) electrons. The average Bonchev–Trinajstić information content (AvgIpc) is 2.30. The molecule has 0 bridgehead atoms. The number of carbonyl (C=O) groups excluding carboxylic acids is 1. The van der Waals surface area contributed by atoms with Gasteiger partial charge < -0.3 is 4.74 Å². The summed E-state index contributed by atoms with van der Waals surface area (Å²) < 4.78 is 5.16. The molecule has 0 atom stereocenters. The topological polar surface area (TPSA) is 47.6 Å². The van der Waals surface area contributed by atoms with Gasteiger partial charge in [0.1, 0.15) is 0 Å². The largest absolute Gasteiger partial charge is 0.378 e. The van der Waals surface area contributed by atoms with E-state index >= 15 is 0 Å². The highest BCUT2D eigenvalue weighted by atomic mass is 16.6. The number of benzene rings is 1. The molecule has 0 spiro atoms. The van der Waals surface area contributed by atoms with E-state index in [1.54, 1.807) is 7.11 Å². The number of hydrogen-bond donors (Lipinski definition) is 1. The van der Waals surface area contributed by atoms with E-state index in [1.165, 1.54) is 0 Å². The van der Waals surface area contributed by atoms with Gasteiger partial charge in [0, 0.05) is 7.11 Å². The number of methoxy groups -OCH3 is 1. The fourth-order valence-corrected chi connectivity index (χ4v) is 1.27. The molecule has 1 rings (SSSR count). The standard InChI is InChI=1S/C13H19NO3/c1-13(2,16-3)9-12(15)14-17-10-11-7-5-4-6-8-11/h4-8H,9-10H2,1-3H3,(H,14,15). The van der Waals surface area contributed by atoms with Crippen molar-refractivity contribution in [1.29, 1.82) is 0 Å². The van der Waals surface area contributed by atoms with Gasteiger partial charge in [0.25, 0.3) is 0 Å². The van der Waals surface area contributed by atoms with Crippen LogP contribution in [0, 0.1) is 0 Å². The highest BCUT2D eigenvalue weighted by molar-refractivity contribution is 5.75. The normalized spacial score (nSPS) is 11.2. The molecule has 0 fully saturated rings. The van der Waals surface area contributed by atoms with Crippen molar-refractivity contribution >= 4 is 5.91 Å². The molecule has 17 heavy (non-hydrogen) atoms. The van der Waals surface area contributed by atoms with Crippen LogP contribution in [0.3, 0.4) is 0 Å². The minimum absolute atomic E-state index is 0.187. The van der Waals surface area contributed by atoms with Crippen LogP contribution >= 0.6 is 0 Å². The first kappa shape index (κ1) is 13.7. The van der Waals surface area contributed by atoms with Crippen molar-refractivity contribution in [3.8, 4) is 0 Å². The first-order valence-electron chi connectivity index (χ1n) is 5.53. The van der Waals surface area contributed by atoms with Crippen molar-refractivity contribution < 1.29 is 14.4 Å². The SMILES string of the molecule is COC(C)(C)CC(=O)NOCc1ccccc1. The van der Waals surface area contributed by atoms with Crippen molar-refractivity contribution in [3.63, 3.8) is 0 Å². The molecular formula is C13H19NO3. The van der Waals surface area contributed by atoms with Crippen LogP contribution in [-0.2, 0) is 21.0 Å². The summed E-state index contributed by atoms with van der Waals surface area (Å²) in [7, 11) is 1.58. The quantitative estimate of drug-likeness (QED) is 0.770. The lowest BCUT2D eigenvalue weighted by Gasteiger charge is -2.21. The molecule has 0 aliphatic heterocycles. The van der Waals surface area contributed by atoms with Gasteiger partial charge in [0.2, 0.25) is 5.91 Å². The Morgan fingerprint density at radius 3 is 2.53 bits per heavy atom. The number of rotatable bonds is 6. The Morgan fingerprint density at radius 1 is 1.29 bits per heavy atom. The van der Waals surface area contributed by atoms with E-state index in [9.17, 15) is 4.79 Å². The number of hydroxylamine groups is 1. The Labute approximate surface area is 102 Å². The maximum atomic E-state index is 11.5. The van der Waals surface area contributed by atoms with Gasteiger partial charge in [-0.1, -0.05) is 30.3 Å². The Kier molecular flexibility index (Phi) is 5.12. The zero-order valence-electron chi connectivity index (χ0n) is 10.5. The van der Waals surface area contributed by atoms with E-state index in [2.05, 4.69) is 5.48 Å². The van der Waals surface area contributed by atoms with E-state index in [0.717, 1.165) is 5.56 Å². The Bertz CT molecular complexity index is 349. The van der Waals surface area contributed by atoms with Crippen LogP contribution in [0.25, 0.3) is 0 Å².